The van der Waals surface area contributed by atoms with Gasteiger partial charge in [0.15, 0.2) is 11.6 Å². The molecule has 0 heterocycles. The SMILES string of the molecule is Cc1ccc(Oc2cccc(C)c2F)c(CCl)c1. The van der Waals surface area contributed by atoms with E-state index in [0.29, 0.717) is 17.2 Å². The third-order valence-corrected chi connectivity index (χ3v) is 3.02. The highest BCUT2D eigenvalue weighted by molar-refractivity contribution is 6.17. The van der Waals surface area contributed by atoms with Crippen LogP contribution in [0.1, 0.15) is 16.7 Å². The van der Waals surface area contributed by atoms with Gasteiger partial charge in [-0.25, -0.2) is 4.39 Å². The molecule has 0 spiro atoms. The first kappa shape index (κ1) is 12.9. The molecule has 0 saturated carbocycles. The number of alkyl halides is 1. The van der Waals surface area contributed by atoms with Crippen LogP contribution in [0.4, 0.5) is 4.39 Å². The van der Waals surface area contributed by atoms with Crippen molar-refractivity contribution in [3.8, 4) is 11.5 Å². The van der Waals surface area contributed by atoms with Gasteiger partial charge in [0, 0.05) is 5.56 Å². The lowest BCUT2D eigenvalue weighted by Gasteiger charge is -2.11. The summed E-state index contributed by atoms with van der Waals surface area (Å²) in [6.07, 6.45) is 0. The Bertz CT molecular complexity index is 566. The summed E-state index contributed by atoms with van der Waals surface area (Å²) in [5.41, 5.74) is 2.52. The molecule has 0 unspecified atom stereocenters. The van der Waals surface area contributed by atoms with Crippen LogP contribution < -0.4 is 4.74 Å². The molecule has 2 aromatic rings. The highest BCUT2D eigenvalue weighted by atomic mass is 35.5. The van der Waals surface area contributed by atoms with Gasteiger partial charge in [-0.2, -0.15) is 0 Å². The zero-order valence-corrected chi connectivity index (χ0v) is 11.1. The fourth-order valence-corrected chi connectivity index (χ4v) is 1.94. The second-order valence-electron chi connectivity index (χ2n) is 4.23. The average molecular weight is 265 g/mol. The van der Waals surface area contributed by atoms with Gasteiger partial charge < -0.3 is 4.74 Å². The van der Waals surface area contributed by atoms with Gasteiger partial charge in [-0.05, 0) is 31.5 Å². The molecular weight excluding hydrogens is 251 g/mol. The third-order valence-electron chi connectivity index (χ3n) is 2.74. The zero-order valence-electron chi connectivity index (χ0n) is 10.3. The maximum atomic E-state index is 13.8. The Balaban J connectivity index is 2.37. The van der Waals surface area contributed by atoms with Gasteiger partial charge >= 0.3 is 0 Å². The predicted octanol–water partition coefficient (Wildman–Crippen LogP) is 4.97. The van der Waals surface area contributed by atoms with Crippen molar-refractivity contribution in [2.24, 2.45) is 0 Å². The van der Waals surface area contributed by atoms with E-state index in [4.69, 9.17) is 16.3 Å². The van der Waals surface area contributed by atoms with Crippen molar-refractivity contribution in [2.75, 3.05) is 0 Å². The maximum absolute atomic E-state index is 13.8. The maximum Gasteiger partial charge on any atom is 0.168 e. The number of benzene rings is 2. The van der Waals surface area contributed by atoms with Gasteiger partial charge in [0.25, 0.3) is 0 Å². The minimum Gasteiger partial charge on any atom is -0.454 e. The lowest BCUT2D eigenvalue weighted by atomic mass is 10.1. The molecule has 0 amide bonds. The first-order valence-electron chi connectivity index (χ1n) is 5.70. The Labute approximate surface area is 111 Å². The first-order chi connectivity index (χ1) is 8.61. The summed E-state index contributed by atoms with van der Waals surface area (Å²) in [5.74, 6) is 0.827. The number of aryl methyl sites for hydroxylation is 2. The average Bonchev–Trinajstić information content (AvgIpc) is 2.37. The Morgan fingerprint density at radius 1 is 1.11 bits per heavy atom. The van der Waals surface area contributed by atoms with Crippen LogP contribution in [-0.2, 0) is 5.88 Å². The summed E-state index contributed by atoms with van der Waals surface area (Å²) in [7, 11) is 0. The monoisotopic (exact) mass is 264 g/mol. The number of ether oxygens (including phenoxy) is 1. The van der Waals surface area contributed by atoms with E-state index in [2.05, 4.69) is 0 Å². The van der Waals surface area contributed by atoms with E-state index < -0.39 is 0 Å². The van der Waals surface area contributed by atoms with E-state index in [9.17, 15) is 4.39 Å². The smallest absolute Gasteiger partial charge is 0.168 e. The number of rotatable bonds is 3. The second-order valence-corrected chi connectivity index (χ2v) is 4.50. The van der Waals surface area contributed by atoms with E-state index in [1.165, 1.54) is 0 Å². The van der Waals surface area contributed by atoms with Gasteiger partial charge in [-0.1, -0.05) is 29.8 Å². The molecule has 0 aliphatic carbocycles. The van der Waals surface area contributed by atoms with Crippen LogP contribution in [0.15, 0.2) is 36.4 Å². The lowest BCUT2D eigenvalue weighted by Crippen LogP contribution is -1.94. The van der Waals surface area contributed by atoms with Crippen molar-refractivity contribution in [3.63, 3.8) is 0 Å². The minimum absolute atomic E-state index is 0.227. The summed E-state index contributed by atoms with van der Waals surface area (Å²) in [5, 5.41) is 0. The van der Waals surface area contributed by atoms with Crippen molar-refractivity contribution in [3.05, 3.63) is 58.9 Å². The van der Waals surface area contributed by atoms with Crippen molar-refractivity contribution in [1.29, 1.82) is 0 Å². The predicted molar refractivity (Wildman–Crippen MR) is 71.9 cm³/mol. The van der Waals surface area contributed by atoms with E-state index in [-0.39, 0.29) is 11.6 Å². The van der Waals surface area contributed by atoms with Crippen LogP contribution in [0.5, 0.6) is 11.5 Å². The Morgan fingerprint density at radius 3 is 2.61 bits per heavy atom. The molecule has 0 N–H and O–H groups in total. The standard InChI is InChI=1S/C15H14ClFO/c1-10-6-7-13(12(8-10)9-16)18-14-5-3-4-11(2)15(14)17/h3-8H,9H2,1-2H3. The van der Waals surface area contributed by atoms with Crippen LogP contribution in [0, 0.1) is 19.7 Å². The van der Waals surface area contributed by atoms with Gasteiger partial charge in [-0.3, -0.25) is 0 Å². The summed E-state index contributed by atoms with van der Waals surface area (Å²) in [4.78, 5) is 0. The summed E-state index contributed by atoms with van der Waals surface area (Å²) in [6, 6.07) is 10.8. The zero-order chi connectivity index (χ0) is 13.1. The minimum atomic E-state index is -0.335. The van der Waals surface area contributed by atoms with Gasteiger partial charge in [0.1, 0.15) is 5.75 Å². The highest BCUT2D eigenvalue weighted by Crippen LogP contribution is 2.30. The molecule has 2 rings (SSSR count). The third kappa shape index (κ3) is 2.65. The molecule has 0 atom stereocenters. The van der Waals surface area contributed by atoms with Gasteiger partial charge in [-0.15, -0.1) is 11.6 Å². The fourth-order valence-electron chi connectivity index (χ4n) is 1.73. The molecular formula is C15H14ClFO. The summed E-state index contributed by atoms with van der Waals surface area (Å²) < 4.78 is 19.5. The van der Waals surface area contributed by atoms with Crippen LogP contribution in [0.2, 0.25) is 0 Å². The molecule has 0 bridgehead atoms. The van der Waals surface area contributed by atoms with Crippen molar-refractivity contribution < 1.29 is 9.13 Å². The van der Waals surface area contributed by atoms with Crippen LogP contribution >= 0.6 is 11.6 Å². The molecule has 2 aromatic carbocycles. The molecule has 0 aliphatic rings. The topological polar surface area (TPSA) is 9.23 Å². The Morgan fingerprint density at radius 2 is 1.89 bits per heavy atom. The van der Waals surface area contributed by atoms with E-state index in [1.807, 2.05) is 25.1 Å². The first-order valence-corrected chi connectivity index (χ1v) is 6.23. The largest absolute Gasteiger partial charge is 0.454 e. The molecule has 94 valence electrons. The van der Waals surface area contributed by atoms with Crippen molar-refractivity contribution in [2.45, 2.75) is 19.7 Å². The quantitative estimate of drug-likeness (QED) is 0.711. The van der Waals surface area contributed by atoms with Crippen LogP contribution in [0.25, 0.3) is 0 Å². The van der Waals surface area contributed by atoms with Crippen LogP contribution in [0.3, 0.4) is 0 Å². The van der Waals surface area contributed by atoms with Crippen molar-refractivity contribution >= 4 is 11.6 Å². The Kier molecular flexibility index (Phi) is 3.87. The highest BCUT2D eigenvalue weighted by Gasteiger charge is 2.09. The number of hydrogen-bond donors (Lipinski definition) is 0. The molecule has 0 aromatic heterocycles. The molecule has 0 saturated heterocycles. The van der Waals surface area contributed by atoms with E-state index in [0.717, 1.165) is 11.1 Å². The Hall–Kier alpha value is -1.54. The van der Waals surface area contributed by atoms with Crippen molar-refractivity contribution in [1.82, 2.24) is 0 Å². The van der Waals surface area contributed by atoms with E-state index >= 15 is 0 Å². The number of halogens is 2. The molecule has 3 heteroatoms. The molecule has 0 fully saturated rings. The molecule has 1 nitrogen and oxygen atoms in total. The normalized spacial score (nSPS) is 10.4. The summed E-state index contributed by atoms with van der Waals surface area (Å²) in [6.45, 7) is 3.69. The van der Waals surface area contributed by atoms with Gasteiger partial charge in [0.05, 0.1) is 5.88 Å². The number of hydrogen-bond acceptors (Lipinski definition) is 1. The fraction of sp³-hybridized carbons (Fsp3) is 0.200. The van der Waals surface area contributed by atoms with Crippen LogP contribution in [-0.4, -0.2) is 0 Å². The molecule has 0 aliphatic heterocycles. The lowest BCUT2D eigenvalue weighted by molar-refractivity contribution is 0.437. The molecule has 18 heavy (non-hydrogen) atoms. The summed E-state index contributed by atoms with van der Waals surface area (Å²) >= 11 is 5.87. The molecule has 0 radical (unpaired) electrons. The van der Waals surface area contributed by atoms with Gasteiger partial charge in [0.2, 0.25) is 0 Å². The van der Waals surface area contributed by atoms with E-state index in [1.54, 1.807) is 25.1 Å². The second kappa shape index (κ2) is 5.40.